The van der Waals surface area contributed by atoms with Crippen molar-refractivity contribution in [3.8, 4) is 0 Å². The van der Waals surface area contributed by atoms with Gasteiger partial charge in [-0.1, -0.05) is 11.8 Å². The molecule has 0 bridgehead atoms. The summed E-state index contributed by atoms with van der Waals surface area (Å²) >= 11 is 1.87. The summed E-state index contributed by atoms with van der Waals surface area (Å²) in [6, 6.07) is 0. The van der Waals surface area contributed by atoms with E-state index in [0.717, 1.165) is 52.6 Å². The molecule has 3 aliphatic rings. The number of hydrogen-bond acceptors (Lipinski definition) is 6. The van der Waals surface area contributed by atoms with Crippen molar-refractivity contribution in [2.75, 3.05) is 52.6 Å². The third-order valence-corrected chi connectivity index (χ3v) is 4.34. The molecule has 17 heavy (non-hydrogen) atoms. The number of ether oxygens (including phenoxy) is 2. The maximum Gasteiger partial charge on any atom is 0.133 e. The lowest BCUT2D eigenvalue weighted by atomic mass is 10.4. The molecule has 5 nitrogen and oxygen atoms in total. The summed E-state index contributed by atoms with van der Waals surface area (Å²) in [4.78, 5) is 4.81. The molecular weight excluding hydrogens is 238 g/mol. The fourth-order valence-corrected chi connectivity index (χ4v) is 3.33. The number of hydrogen-bond donors (Lipinski definition) is 1. The Morgan fingerprint density at radius 3 is 2.41 bits per heavy atom. The molecule has 0 saturated carbocycles. The molecule has 2 fully saturated rings. The van der Waals surface area contributed by atoms with E-state index in [4.69, 9.17) is 9.47 Å². The first-order valence-corrected chi connectivity index (χ1v) is 7.14. The van der Waals surface area contributed by atoms with Gasteiger partial charge in [-0.3, -0.25) is 4.90 Å². The van der Waals surface area contributed by atoms with Gasteiger partial charge in [-0.25, -0.2) is 0 Å². The Morgan fingerprint density at radius 1 is 1.06 bits per heavy atom. The predicted molar refractivity (Wildman–Crippen MR) is 67.4 cm³/mol. The minimum absolute atomic E-state index is 0.386. The predicted octanol–water partition coefficient (Wildman–Crippen LogP) is 0.0697. The van der Waals surface area contributed by atoms with Crippen molar-refractivity contribution in [3.05, 3.63) is 11.2 Å². The van der Waals surface area contributed by atoms with Gasteiger partial charge < -0.3 is 19.7 Å². The van der Waals surface area contributed by atoms with Crippen LogP contribution in [-0.2, 0) is 9.47 Å². The van der Waals surface area contributed by atoms with Gasteiger partial charge in [0.15, 0.2) is 0 Å². The highest BCUT2D eigenvalue weighted by Crippen LogP contribution is 2.26. The highest BCUT2D eigenvalue weighted by molar-refractivity contribution is 8.02. The van der Waals surface area contributed by atoms with Gasteiger partial charge in [0, 0.05) is 31.6 Å². The molecule has 3 heterocycles. The average Bonchev–Trinajstić information content (AvgIpc) is 2.90. The Morgan fingerprint density at radius 2 is 1.71 bits per heavy atom. The fourth-order valence-electron chi connectivity index (χ4n) is 2.28. The summed E-state index contributed by atoms with van der Waals surface area (Å²) in [5.74, 6) is 1.26. The van der Waals surface area contributed by atoms with Crippen LogP contribution in [0.2, 0.25) is 0 Å². The Labute approximate surface area is 106 Å². The van der Waals surface area contributed by atoms with Crippen LogP contribution in [0.5, 0.6) is 0 Å². The molecule has 3 aliphatic heterocycles. The second kappa shape index (κ2) is 5.48. The highest BCUT2D eigenvalue weighted by atomic mass is 32.2. The summed E-state index contributed by atoms with van der Waals surface area (Å²) in [5.41, 5.74) is 0.386. The van der Waals surface area contributed by atoms with Gasteiger partial charge in [0.25, 0.3) is 0 Å². The maximum absolute atomic E-state index is 5.38. The van der Waals surface area contributed by atoms with Crippen LogP contribution < -0.4 is 5.32 Å². The molecule has 1 atom stereocenters. The van der Waals surface area contributed by atoms with E-state index in [0.29, 0.717) is 5.50 Å². The van der Waals surface area contributed by atoms with Crippen molar-refractivity contribution in [2.24, 2.45) is 0 Å². The van der Waals surface area contributed by atoms with Crippen LogP contribution in [0.3, 0.4) is 0 Å². The highest BCUT2D eigenvalue weighted by Gasteiger charge is 2.27. The fraction of sp³-hybridized carbons (Fsp3) is 0.818. The molecule has 0 aromatic heterocycles. The maximum atomic E-state index is 5.38. The molecule has 1 N–H and O–H groups in total. The van der Waals surface area contributed by atoms with Crippen molar-refractivity contribution >= 4 is 11.8 Å². The van der Waals surface area contributed by atoms with Crippen LogP contribution in [0.4, 0.5) is 0 Å². The van der Waals surface area contributed by atoms with E-state index in [1.54, 1.807) is 0 Å². The lowest BCUT2D eigenvalue weighted by Crippen LogP contribution is -2.49. The van der Waals surface area contributed by atoms with Gasteiger partial charge in [0.05, 0.1) is 26.4 Å². The van der Waals surface area contributed by atoms with Crippen molar-refractivity contribution in [1.82, 2.24) is 15.1 Å². The number of nitrogens with zero attached hydrogens (tertiary/aromatic N) is 2. The first kappa shape index (κ1) is 11.6. The van der Waals surface area contributed by atoms with Crippen LogP contribution in [0.1, 0.15) is 0 Å². The van der Waals surface area contributed by atoms with Gasteiger partial charge in [-0.2, -0.15) is 0 Å². The first-order chi connectivity index (χ1) is 8.43. The number of rotatable bonds is 2. The number of nitrogens with one attached hydrogen (secondary N) is 1. The summed E-state index contributed by atoms with van der Waals surface area (Å²) in [7, 11) is 0. The number of thioether (sulfide) groups is 1. The van der Waals surface area contributed by atoms with E-state index in [-0.39, 0.29) is 0 Å². The Bertz CT molecular complexity index is 288. The van der Waals surface area contributed by atoms with Crippen molar-refractivity contribution in [2.45, 2.75) is 5.50 Å². The third-order valence-electron chi connectivity index (χ3n) is 3.31. The summed E-state index contributed by atoms with van der Waals surface area (Å²) in [6.45, 7) is 7.42. The van der Waals surface area contributed by atoms with Crippen LogP contribution in [0.25, 0.3) is 0 Å². The lowest BCUT2D eigenvalue weighted by Gasteiger charge is -2.34. The second-order valence-corrected chi connectivity index (χ2v) is 5.34. The molecule has 0 radical (unpaired) electrons. The molecule has 0 spiro atoms. The first-order valence-electron chi connectivity index (χ1n) is 6.20. The quantitative estimate of drug-likeness (QED) is 0.754. The van der Waals surface area contributed by atoms with E-state index in [1.807, 2.05) is 11.8 Å². The molecule has 96 valence electrons. The largest absolute Gasteiger partial charge is 0.379 e. The monoisotopic (exact) mass is 257 g/mol. The van der Waals surface area contributed by atoms with Gasteiger partial charge >= 0.3 is 0 Å². The van der Waals surface area contributed by atoms with E-state index >= 15 is 0 Å². The van der Waals surface area contributed by atoms with Gasteiger partial charge in [0.2, 0.25) is 0 Å². The topological polar surface area (TPSA) is 37.0 Å². The second-order valence-electron chi connectivity index (χ2n) is 4.38. The van der Waals surface area contributed by atoms with E-state index < -0.39 is 0 Å². The van der Waals surface area contributed by atoms with Gasteiger partial charge in [-0.15, -0.1) is 0 Å². The molecular formula is C11H19N3O2S. The zero-order valence-corrected chi connectivity index (χ0v) is 10.7. The molecule has 0 aliphatic carbocycles. The Balaban J connectivity index is 1.52. The molecule has 1 unspecified atom stereocenters. The molecule has 3 rings (SSSR count). The van der Waals surface area contributed by atoms with Crippen LogP contribution in [0, 0.1) is 0 Å². The molecule has 0 amide bonds. The zero-order chi connectivity index (χ0) is 11.5. The molecule has 0 aromatic rings. The Kier molecular flexibility index (Phi) is 3.75. The number of morpholine rings is 2. The minimum atomic E-state index is 0.386. The van der Waals surface area contributed by atoms with E-state index in [9.17, 15) is 0 Å². The standard InChI is InChI=1S/C11H19N3O2S/c1-5-15-6-2-13(1)10-9-17-11(12-10)14-3-7-16-8-4-14/h9,11-12H,1-8H2. The Hall–Kier alpha value is -0.430. The normalized spacial score (nSPS) is 31.2. The van der Waals surface area contributed by atoms with Gasteiger partial charge in [-0.05, 0) is 0 Å². The van der Waals surface area contributed by atoms with Crippen LogP contribution in [-0.4, -0.2) is 67.9 Å². The summed E-state index contributed by atoms with van der Waals surface area (Å²) in [5, 5.41) is 5.84. The van der Waals surface area contributed by atoms with Crippen molar-refractivity contribution in [3.63, 3.8) is 0 Å². The van der Waals surface area contributed by atoms with E-state index in [1.165, 1.54) is 5.82 Å². The zero-order valence-electron chi connectivity index (χ0n) is 9.93. The smallest absolute Gasteiger partial charge is 0.133 e. The van der Waals surface area contributed by atoms with Crippen molar-refractivity contribution in [1.29, 1.82) is 0 Å². The average molecular weight is 257 g/mol. The van der Waals surface area contributed by atoms with Crippen LogP contribution >= 0.6 is 11.8 Å². The minimum Gasteiger partial charge on any atom is -0.379 e. The third kappa shape index (κ3) is 2.70. The van der Waals surface area contributed by atoms with E-state index in [2.05, 4.69) is 20.5 Å². The SMILES string of the molecule is C1=C(N2CCOCC2)NC(N2CCOCC2)S1. The lowest BCUT2D eigenvalue weighted by molar-refractivity contribution is 0.0241. The summed E-state index contributed by atoms with van der Waals surface area (Å²) in [6.07, 6.45) is 0. The van der Waals surface area contributed by atoms with Gasteiger partial charge in [0.1, 0.15) is 11.3 Å². The van der Waals surface area contributed by atoms with Crippen molar-refractivity contribution < 1.29 is 9.47 Å². The summed E-state index contributed by atoms with van der Waals surface area (Å²) < 4.78 is 10.8. The molecule has 0 aromatic carbocycles. The van der Waals surface area contributed by atoms with Crippen LogP contribution in [0.15, 0.2) is 11.2 Å². The molecule has 2 saturated heterocycles. The molecule has 6 heteroatoms.